The molecular formula is C19H19N3O3. The number of aryl methyl sites for hydroxylation is 1. The average molecular weight is 337 g/mol. The number of nitrogens with one attached hydrogen (secondary N) is 2. The summed E-state index contributed by atoms with van der Waals surface area (Å²) >= 11 is 0. The van der Waals surface area contributed by atoms with Gasteiger partial charge in [0.1, 0.15) is 0 Å². The third-order valence-corrected chi connectivity index (χ3v) is 4.04. The topological polar surface area (TPSA) is 78.5 Å². The van der Waals surface area contributed by atoms with Crippen LogP contribution in [0.5, 0.6) is 0 Å². The number of hydrogen-bond donors (Lipinski definition) is 2. The lowest BCUT2D eigenvalue weighted by molar-refractivity contribution is -0.116. The van der Waals surface area contributed by atoms with Crippen LogP contribution in [0.15, 0.2) is 42.5 Å². The van der Waals surface area contributed by atoms with Gasteiger partial charge in [0.05, 0.1) is 0 Å². The first-order chi connectivity index (χ1) is 11.9. The Hall–Kier alpha value is -3.15. The monoisotopic (exact) mass is 337 g/mol. The summed E-state index contributed by atoms with van der Waals surface area (Å²) < 4.78 is 0. The molecule has 3 rings (SSSR count). The van der Waals surface area contributed by atoms with Gasteiger partial charge in [-0.05, 0) is 42.3 Å². The molecule has 1 aliphatic rings. The summed E-state index contributed by atoms with van der Waals surface area (Å²) in [5.41, 5.74) is 3.22. The molecule has 0 radical (unpaired) electrons. The molecule has 0 aliphatic carbocycles. The molecule has 0 fully saturated rings. The lowest BCUT2D eigenvalue weighted by atomic mass is 10.0. The van der Waals surface area contributed by atoms with E-state index < -0.39 is 0 Å². The van der Waals surface area contributed by atoms with E-state index in [2.05, 4.69) is 10.6 Å². The van der Waals surface area contributed by atoms with Crippen LogP contribution < -0.4 is 10.6 Å². The number of fused-ring (bicyclic) bond motifs is 1. The van der Waals surface area contributed by atoms with Gasteiger partial charge in [-0.3, -0.25) is 14.4 Å². The number of hydrogen-bond acceptors (Lipinski definition) is 3. The van der Waals surface area contributed by atoms with Gasteiger partial charge >= 0.3 is 0 Å². The second-order valence-electron chi connectivity index (χ2n) is 6.15. The van der Waals surface area contributed by atoms with Crippen LogP contribution in [-0.2, 0) is 11.2 Å². The highest BCUT2D eigenvalue weighted by Gasteiger charge is 2.16. The van der Waals surface area contributed by atoms with Crippen molar-refractivity contribution in [3.63, 3.8) is 0 Å². The lowest BCUT2D eigenvalue weighted by Crippen LogP contribution is -2.22. The maximum atomic E-state index is 12.5. The maximum Gasteiger partial charge on any atom is 0.255 e. The fourth-order valence-electron chi connectivity index (χ4n) is 2.70. The standard InChI is InChI=1S/C19H19N3O3/c1-22(2)19(25)14-5-3-4-13(10-14)18(24)20-15-8-6-12-7-9-17(23)21-16(12)11-15/h3-6,8,10-11H,7,9H2,1-2H3,(H,20,24)(H,21,23). The Morgan fingerprint density at radius 1 is 1.04 bits per heavy atom. The number of rotatable bonds is 3. The maximum absolute atomic E-state index is 12.5. The Kier molecular flexibility index (Phi) is 4.52. The zero-order valence-electron chi connectivity index (χ0n) is 14.1. The fourth-order valence-corrected chi connectivity index (χ4v) is 2.70. The number of carbonyl (C=O) groups is 3. The second-order valence-corrected chi connectivity index (χ2v) is 6.15. The molecule has 2 aromatic rings. The molecule has 1 aliphatic heterocycles. The molecule has 0 saturated carbocycles. The molecule has 0 aromatic heterocycles. The third-order valence-electron chi connectivity index (χ3n) is 4.04. The summed E-state index contributed by atoms with van der Waals surface area (Å²) in [6, 6.07) is 12.0. The van der Waals surface area contributed by atoms with Crippen molar-refractivity contribution >= 4 is 29.1 Å². The molecule has 2 aromatic carbocycles. The molecule has 6 nitrogen and oxygen atoms in total. The summed E-state index contributed by atoms with van der Waals surface area (Å²) in [5, 5.41) is 5.61. The minimum absolute atomic E-state index is 0.0223. The van der Waals surface area contributed by atoms with E-state index >= 15 is 0 Å². The van der Waals surface area contributed by atoms with E-state index in [0.29, 0.717) is 29.7 Å². The van der Waals surface area contributed by atoms with Gasteiger partial charge in [-0.25, -0.2) is 0 Å². The zero-order valence-corrected chi connectivity index (χ0v) is 14.1. The van der Waals surface area contributed by atoms with Gasteiger partial charge < -0.3 is 15.5 Å². The predicted molar refractivity (Wildman–Crippen MR) is 95.8 cm³/mol. The van der Waals surface area contributed by atoms with Crippen molar-refractivity contribution in [2.24, 2.45) is 0 Å². The van der Waals surface area contributed by atoms with E-state index in [1.54, 1.807) is 44.4 Å². The number of nitrogens with zero attached hydrogens (tertiary/aromatic N) is 1. The van der Waals surface area contributed by atoms with Crippen molar-refractivity contribution in [2.75, 3.05) is 24.7 Å². The lowest BCUT2D eigenvalue weighted by Gasteiger charge is -2.18. The highest BCUT2D eigenvalue weighted by molar-refractivity contribution is 6.06. The van der Waals surface area contributed by atoms with Gasteiger partial charge in [-0.15, -0.1) is 0 Å². The smallest absolute Gasteiger partial charge is 0.255 e. The summed E-state index contributed by atoms with van der Waals surface area (Å²) in [5.74, 6) is -0.493. The highest BCUT2D eigenvalue weighted by Crippen LogP contribution is 2.26. The SMILES string of the molecule is CN(C)C(=O)c1cccc(C(=O)Nc2ccc3c(c2)NC(=O)CC3)c1. The molecule has 3 amide bonds. The van der Waals surface area contributed by atoms with Crippen molar-refractivity contribution < 1.29 is 14.4 Å². The van der Waals surface area contributed by atoms with E-state index in [0.717, 1.165) is 11.3 Å². The Balaban J connectivity index is 1.79. The molecule has 0 bridgehead atoms. The fraction of sp³-hybridized carbons (Fsp3) is 0.211. The average Bonchev–Trinajstić information content (AvgIpc) is 2.60. The quantitative estimate of drug-likeness (QED) is 0.903. The minimum Gasteiger partial charge on any atom is -0.345 e. The van der Waals surface area contributed by atoms with Crippen LogP contribution in [-0.4, -0.2) is 36.7 Å². The summed E-state index contributed by atoms with van der Waals surface area (Å²) in [6.45, 7) is 0. The number of anilines is 2. The Bertz CT molecular complexity index is 859. The normalized spacial score (nSPS) is 12.8. The van der Waals surface area contributed by atoms with E-state index in [1.165, 1.54) is 4.90 Å². The molecule has 0 atom stereocenters. The molecule has 6 heteroatoms. The molecule has 1 heterocycles. The number of carbonyl (C=O) groups excluding carboxylic acids is 3. The first-order valence-corrected chi connectivity index (χ1v) is 8.00. The number of amides is 3. The van der Waals surface area contributed by atoms with Crippen molar-refractivity contribution in [1.82, 2.24) is 4.90 Å². The van der Waals surface area contributed by atoms with Gasteiger partial charge in [-0.2, -0.15) is 0 Å². The van der Waals surface area contributed by atoms with Gasteiger partial charge in [0, 0.05) is 43.0 Å². The molecule has 128 valence electrons. The summed E-state index contributed by atoms with van der Waals surface area (Å²) in [7, 11) is 3.33. The van der Waals surface area contributed by atoms with Crippen LogP contribution in [0.1, 0.15) is 32.7 Å². The van der Waals surface area contributed by atoms with Crippen LogP contribution in [0, 0.1) is 0 Å². The third kappa shape index (κ3) is 3.68. The van der Waals surface area contributed by atoms with Gasteiger partial charge in [0.2, 0.25) is 5.91 Å². The minimum atomic E-state index is -0.310. The Labute approximate surface area is 145 Å². The summed E-state index contributed by atoms with van der Waals surface area (Å²) in [6.07, 6.45) is 1.18. The molecule has 0 saturated heterocycles. The first-order valence-electron chi connectivity index (χ1n) is 8.00. The predicted octanol–water partition coefficient (Wildman–Crippen LogP) is 2.53. The molecule has 0 unspecified atom stereocenters. The summed E-state index contributed by atoms with van der Waals surface area (Å²) in [4.78, 5) is 37.5. The van der Waals surface area contributed by atoms with Crippen LogP contribution in [0.3, 0.4) is 0 Å². The van der Waals surface area contributed by atoms with Gasteiger partial charge in [0.15, 0.2) is 0 Å². The second kappa shape index (κ2) is 6.76. The molecule has 25 heavy (non-hydrogen) atoms. The van der Waals surface area contributed by atoms with Crippen LogP contribution in [0.4, 0.5) is 11.4 Å². The largest absolute Gasteiger partial charge is 0.345 e. The first kappa shape index (κ1) is 16.7. The van der Waals surface area contributed by atoms with Gasteiger partial charge in [-0.1, -0.05) is 12.1 Å². The van der Waals surface area contributed by atoms with Gasteiger partial charge in [0.25, 0.3) is 11.8 Å². The van der Waals surface area contributed by atoms with Crippen molar-refractivity contribution in [1.29, 1.82) is 0 Å². The highest BCUT2D eigenvalue weighted by atomic mass is 16.2. The Morgan fingerprint density at radius 3 is 2.56 bits per heavy atom. The van der Waals surface area contributed by atoms with E-state index in [-0.39, 0.29) is 17.7 Å². The number of benzene rings is 2. The van der Waals surface area contributed by atoms with Crippen molar-refractivity contribution in [3.8, 4) is 0 Å². The zero-order chi connectivity index (χ0) is 18.0. The van der Waals surface area contributed by atoms with Crippen LogP contribution >= 0.6 is 0 Å². The van der Waals surface area contributed by atoms with Crippen LogP contribution in [0.25, 0.3) is 0 Å². The van der Waals surface area contributed by atoms with E-state index in [1.807, 2.05) is 12.1 Å². The van der Waals surface area contributed by atoms with Crippen molar-refractivity contribution in [2.45, 2.75) is 12.8 Å². The molecular weight excluding hydrogens is 318 g/mol. The molecule has 0 spiro atoms. The van der Waals surface area contributed by atoms with Crippen LogP contribution in [0.2, 0.25) is 0 Å². The Morgan fingerprint density at radius 2 is 1.80 bits per heavy atom. The van der Waals surface area contributed by atoms with E-state index in [4.69, 9.17) is 0 Å². The van der Waals surface area contributed by atoms with Crippen molar-refractivity contribution in [3.05, 3.63) is 59.2 Å². The van der Waals surface area contributed by atoms with E-state index in [9.17, 15) is 14.4 Å². The molecule has 2 N–H and O–H groups in total.